The SMILES string of the molecule is Cc1cccc(S(=O)(=O)Cc2ccccc2N)c1. The topological polar surface area (TPSA) is 60.2 Å². The van der Waals surface area contributed by atoms with Crippen LogP contribution in [0.25, 0.3) is 0 Å². The van der Waals surface area contributed by atoms with Crippen LogP contribution in [0.5, 0.6) is 0 Å². The Hall–Kier alpha value is -1.81. The lowest BCUT2D eigenvalue weighted by molar-refractivity contribution is 0.595. The molecule has 0 saturated carbocycles. The molecule has 0 radical (unpaired) electrons. The van der Waals surface area contributed by atoms with Crippen LogP contribution in [0.1, 0.15) is 11.1 Å². The molecule has 0 aliphatic heterocycles. The summed E-state index contributed by atoms with van der Waals surface area (Å²) in [7, 11) is -3.34. The molecule has 3 nitrogen and oxygen atoms in total. The molecule has 2 N–H and O–H groups in total. The fourth-order valence-corrected chi connectivity index (χ4v) is 3.25. The molecule has 0 spiro atoms. The van der Waals surface area contributed by atoms with E-state index in [1.807, 2.05) is 13.0 Å². The molecule has 0 saturated heterocycles. The van der Waals surface area contributed by atoms with E-state index in [0.29, 0.717) is 16.1 Å². The number of hydrogen-bond acceptors (Lipinski definition) is 3. The highest BCUT2D eigenvalue weighted by molar-refractivity contribution is 7.90. The Morgan fingerprint density at radius 3 is 2.44 bits per heavy atom. The zero-order valence-electron chi connectivity index (χ0n) is 10.1. The van der Waals surface area contributed by atoms with Crippen molar-refractivity contribution in [1.82, 2.24) is 0 Å². The standard InChI is InChI=1S/C14H15NO2S/c1-11-5-4-7-13(9-11)18(16,17)10-12-6-2-3-8-14(12)15/h2-9H,10,15H2,1H3. The monoisotopic (exact) mass is 261 g/mol. The third kappa shape index (κ3) is 2.71. The van der Waals surface area contributed by atoms with Crippen LogP contribution in [0.15, 0.2) is 53.4 Å². The molecule has 4 heteroatoms. The molecule has 0 bridgehead atoms. The summed E-state index contributed by atoms with van der Waals surface area (Å²) in [4.78, 5) is 0.339. The number of anilines is 1. The fourth-order valence-electron chi connectivity index (χ4n) is 1.76. The molecular formula is C14H15NO2S. The third-order valence-electron chi connectivity index (χ3n) is 2.75. The Morgan fingerprint density at radius 1 is 1.06 bits per heavy atom. The van der Waals surface area contributed by atoms with Gasteiger partial charge in [0.1, 0.15) is 0 Å². The second kappa shape index (κ2) is 4.82. The molecule has 0 fully saturated rings. The largest absolute Gasteiger partial charge is 0.398 e. The first-order valence-corrected chi connectivity index (χ1v) is 7.27. The van der Waals surface area contributed by atoms with Crippen LogP contribution in [-0.2, 0) is 15.6 Å². The summed E-state index contributed by atoms with van der Waals surface area (Å²) in [6.07, 6.45) is 0. The predicted octanol–water partition coefficient (Wildman–Crippen LogP) is 2.55. The van der Waals surface area contributed by atoms with Crippen molar-refractivity contribution in [2.24, 2.45) is 0 Å². The van der Waals surface area contributed by atoms with Gasteiger partial charge in [-0.25, -0.2) is 8.42 Å². The lowest BCUT2D eigenvalue weighted by Crippen LogP contribution is -2.07. The normalized spacial score (nSPS) is 11.4. The molecule has 0 unspecified atom stereocenters. The second-order valence-electron chi connectivity index (χ2n) is 4.27. The highest BCUT2D eigenvalue weighted by Crippen LogP contribution is 2.20. The smallest absolute Gasteiger partial charge is 0.182 e. The summed E-state index contributed by atoms with van der Waals surface area (Å²) in [6.45, 7) is 1.87. The van der Waals surface area contributed by atoms with Crippen LogP contribution in [0.2, 0.25) is 0 Å². The van der Waals surface area contributed by atoms with Crippen LogP contribution in [0, 0.1) is 6.92 Å². The Kier molecular flexibility index (Phi) is 3.39. The molecule has 0 amide bonds. The van der Waals surface area contributed by atoms with E-state index >= 15 is 0 Å². The first kappa shape index (κ1) is 12.6. The molecule has 18 heavy (non-hydrogen) atoms. The number of nitrogen functional groups attached to an aromatic ring is 1. The first-order chi connectivity index (χ1) is 8.49. The van der Waals surface area contributed by atoms with Crippen LogP contribution in [0.4, 0.5) is 5.69 Å². The van der Waals surface area contributed by atoms with E-state index in [9.17, 15) is 8.42 Å². The van der Waals surface area contributed by atoms with Gasteiger partial charge >= 0.3 is 0 Å². The summed E-state index contributed by atoms with van der Waals surface area (Å²) < 4.78 is 24.5. The van der Waals surface area contributed by atoms with Gasteiger partial charge in [0.05, 0.1) is 10.6 Å². The van der Waals surface area contributed by atoms with Gasteiger partial charge in [-0.15, -0.1) is 0 Å². The molecule has 2 rings (SSSR count). The molecule has 0 aliphatic rings. The molecule has 2 aromatic rings. The molecule has 0 aliphatic carbocycles. The number of hydrogen-bond donors (Lipinski definition) is 1. The zero-order valence-corrected chi connectivity index (χ0v) is 10.9. The molecule has 94 valence electrons. The van der Waals surface area contributed by atoms with Gasteiger partial charge in [-0.1, -0.05) is 30.3 Å². The summed E-state index contributed by atoms with van der Waals surface area (Å²) in [6, 6.07) is 13.9. The van der Waals surface area contributed by atoms with E-state index in [1.165, 1.54) is 0 Å². The summed E-state index contributed by atoms with van der Waals surface area (Å²) >= 11 is 0. The minimum Gasteiger partial charge on any atom is -0.398 e. The fraction of sp³-hybridized carbons (Fsp3) is 0.143. The average Bonchev–Trinajstić information content (AvgIpc) is 2.32. The van der Waals surface area contributed by atoms with Crippen molar-refractivity contribution >= 4 is 15.5 Å². The van der Waals surface area contributed by atoms with E-state index < -0.39 is 9.84 Å². The molecule has 0 atom stereocenters. The number of sulfone groups is 1. The Morgan fingerprint density at radius 2 is 1.78 bits per heavy atom. The summed E-state index contributed by atoms with van der Waals surface area (Å²) in [5.41, 5.74) is 7.85. The van der Waals surface area contributed by atoms with Crippen LogP contribution in [0.3, 0.4) is 0 Å². The zero-order chi connectivity index (χ0) is 13.2. The van der Waals surface area contributed by atoms with Gasteiger partial charge in [0, 0.05) is 5.69 Å². The molecular weight excluding hydrogens is 246 g/mol. The van der Waals surface area contributed by atoms with Gasteiger partial charge < -0.3 is 5.73 Å². The highest BCUT2D eigenvalue weighted by Gasteiger charge is 2.16. The summed E-state index contributed by atoms with van der Waals surface area (Å²) in [5, 5.41) is 0. The second-order valence-corrected chi connectivity index (χ2v) is 6.26. The summed E-state index contributed by atoms with van der Waals surface area (Å²) in [5.74, 6) is -0.0663. The maximum absolute atomic E-state index is 12.3. The number of para-hydroxylation sites is 1. The number of rotatable bonds is 3. The van der Waals surface area contributed by atoms with Gasteiger partial charge in [-0.05, 0) is 36.2 Å². The molecule has 0 aromatic heterocycles. The van der Waals surface area contributed by atoms with Gasteiger partial charge in [-0.3, -0.25) is 0 Å². The quantitative estimate of drug-likeness (QED) is 0.864. The van der Waals surface area contributed by atoms with Crippen molar-refractivity contribution in [2.75, 3.05) is 5.73 Å². The van der Waals surface area contributed by atoms with E-state index in [1.54, 1.807) is 42.5 Å². The van der Waals surface area contributed by atoms with Gasteiger partial charge in [0.25, 0.3) is 0 Å². The third-order valence-corrected chi connectivity index (χ3v) is 4.41. The van der Waals surface area contributed by atoms with Crippen molar-refractivity contribution < 1.29 is 8.42 Å². The highest BCUT2D eigenvalue weighted by atomic mass is 32.2. The Labute approximate surface area is 107 Å². The number of benzene rings is 2. The lowest BCUT2D eigenvalue weighted by Gasteiger charge is -2.07. The first-order valence-electron chi connectivity index (χ1n) is 5.62. The number of nitrogens with two attached hydrogens (primary N) is 1. The van der Waals surface area contributed by atoms with Crippen molar-refractivity contribution in [3.05, 3.63) is 59.7 Å². The Bertz CT molecular complexity index is 663. The Balaban J connectivity index is 2.37. The minimum atomic E-state index is -3.34. The molecule has 0 heterocycles. The van der Waals surface area contributed by atoms with Gasteiger partial charge in [0.15, 0.2) is 9.84 Å². The van der Waals surface area contributed by atoms with Crippen molar-refractivity contribution in [3.63, 3.8) is 0 Å². The van der Waals surface area contributed by atoms with Crippen molar-refractivity contribution in [3.8, 4) is 0 Å². The van der Waals surface area contributed by atoms with Crippen molar-refractivity contribution in [1.29, 1.82) is 0 Å². The van der Waals surface area contributed by atoms with E-state index in [-0.39, 0.29) is 5.75 Å². The van der Waals surface area contributed by atoms with Gasteiger partial charge in [0.2, 0.25) is 0 Å². The van der Waals surface area contributed by atoms with Gasteiger partial charge in [-0.2, -0.15) is 0 Å². The molecule has 2 aromatic carbocycles. The average molecular weight is 261 g/mol. The minimum absolute atomic E-state index is 0.0663. The predicted molar refractivity (Wildman–Crippen MR) is 72.9 cm³/mol. The van der Waals surface area contributed by atoms with E-state index in [2.05, 4.69) is 0 Å². The van der Waals surface area contributed by atoms with Crippen molar-refractivity contribution in [2.45, 2.75) is 17.6 Å². The van der Waals surface area contributed by atoms with Crippen LogP contribution >= 0.6 is 0 Å². The van der Waals surface area contributed by atoms with E-state index in [4.69, 9.17) is 5.73 Å². The maximum atomic E-state index is 12.3. The number of aryl methyl sites for hydroxylation is 1. The lowest BCUT2D eigenvalue weighted by atomic mass is 10.2. The van der Waals surface area contributed by atoms with E-state index in [0.717, 1.165) is 5.56 Å². The van der Waals surface area contributed by atoms with Crippen LogP contribution < -0.4 is 5.73 Å². The van der Waals surface area contributed by atoms with Crippen LogP contribution in [-0.4, -0.2) is 8.42 Å². The maximum Gasteiger partial charge on any atom is 0.182 e.